The smallest absolute Gasteiger partial charge is 0.191 e. The maximum Gasteiger partial charge on any atom is 0.191 e. The van der Waals surface area contributed by atoms with E-state index in [2.05, 4.69) is 66.7 Å². The summed E-state index contributed by atoms with van der Waals surface area (Å²) in [5.41, 5.74) is 10.9. The Labute approximate surface area is 179 Å². The molecule has 0 amide bonds. The van der Waals surface area contributed by atoms with Crippen molar-refractivity contribution in [1.82, 2.24) is 4.90 Å². The van der Waals surface area contributed by atoms with Gasteiger partial charge in [0.15, 0.2) is 5.96 Å². The number of guanidine groups is 1. The van der Waals surface area contributed by atoms with Crippen molar-refractivity contribution in [2.24, 2.45) is 10.7 Å². The van der Waals surface area contributed by atoms with Gasteiger partial charge >= 0.3 is 0 Å². The normalized spacial score (nSPS) is 18.7. The summed E-state index contributed by atoms with van der Waals surface area (Å²) in [5.74, 6) is 1.49. The van der Waals surface area contributed by atoms with E-state index in [-0.39, 0.29) is 5.54 Å². The second-order valence-corrected chi connectivity index (χ2v) is 7.97. The first-order chi connectivity index (χ1) is 14.6. The van der Waals surface area contributed by atoms with Crippen LogP contribution in [0, 0.1) is 0 Å². The van der Waals surface area contributed by atoms with Gasteiger partial charge in [-0.15, -0.1) is 0 Å². The molecule has 1 aliphatic rings. The van der Waals surface area contributed by atoms with Crippen LogP contribution in [0.3, 0.4) is 0 Å². The molecule has 1 aliphatic heterocycles. The summed E-state index contributed by atoms with van der Waals surface area (Å²) >= 11 is 0. The van der Waals surface area contributed by atoms with Crippen LogP contribution in [0.25, 0.3) is 11.1 Å². The number of hydrogen-bond donors (Lipinski definition) is 1. The van der Waals surface area contributed by atoms with E-state index in [4.69, 9.17) is 15.5 Å². The van der Waals surface area contributed by atoms with Gasteiger partial charge in [0, 0.05) is 13.6 Å². The summed E-state index contributed by atoms with van der Waals surface area (Å²) < 4.78 is 5.38. The molecule has 3 aromatic rings. The molecule has 0 saturated carbocycles. The first-order valence-electron chi connectivity index (χ1n) is 10.4. The molecule has 0 radical (unpaired) electrons. The summed E-state index contributed by atoms with van der Waals surface area (Å²) in [7, 11) is 3.71. The topological polar surface area (TPSA) is 50.9 Å². The van der Waals surface area contributed by atoms with Crippen molar-refractivity contribution >= 4 is 5.96 Å². The Morgan fingerprint density at radius 1 is 0.967 bits per heavy atom. The van der Waals surface area contributed by atoms with Gasteiger partial charge in [-0.25, -0.2) is 4.99 Å². The van der Waals surface area contributed by atoms with E-state index in [0.717, 1.165) is 37.1 Å². The van der Waals surface area contributed by atoms with Gasteiger partial charge in [0.2, 0.25) is 0 Å². The largest absolute Gasteiger partial charge is 0.497 e. The highest BCUT2D eigenvalue weighted by molar-refractivity contribution is 5.79. The molecule has 2 N–H and O–H groups in total. The average molecular weight is 400 g/mol. The zero-order valence-electron chi connectivity index (χ0n) is 17.7. The van der Waals surface area contributed by atoms with Gasteiger partial charge < -0.3 is 15.4 Å². The van der Waals surface area contributed by atoms with Gasteiger partial charge in [-0.3, -0.25) is 0 Å². The molecule has 1 heterocycles. The van der Waals surface area contributed by atoms with Gasteiger partial charge in [0.1, 0.15) is 5.75 Å². The predicted octanol–water partition coefficient (Wildman–Crippen LogP) is 4.84. The Morgan fingerprint density at radius 2 is 1.70 bits per heavy atom. The highest BCUT2D eigenvalue weighted by Crippen LogP contribution is 2.37. The Morgan fingerprint density at radius 3 is 2.43 bits per heavy atom. The molecule has 4 nitrogen and oxygen atoms in total. The van der Waals surface area contributed by atoms with Gasteiger partial charge in [-0.2, -0.15) is 0 Å². The molecule has 0 aromatic heterocycles. The van der Waals surface area contributed by atoms with Crippen molar-refractivity contribution in [3.05, 3.63) is 90.0 Å². The molecular formula is C26H29N3O. The average Bonchev–Trinajstić information content (AvgIpc) is 2.81. The number of nitrogens with zero attached hydrogens (tertiary/aromatic N) is 2. The van der Waals surface area contributed by atoms with E-state index in [1.165, 1.54) is 16.7 Å². The van der Waals surface area contributed by atoms with Crippen molar-refractivity contribution in [3.8, 4) is 16.9 Å². The molecule has 0 saturated heterocycles. The van der Waals surface area contributed by atoms with E-state index in [0.29, 0.717) is 5.96 Å². The number of aryl methyl sites for hydroxylation is 1. The van der Waals surface area contributed by atoms with Gasteiger partial charge in [0.25, 0.3) is 0 Å². The minimum Gasteiger partial charge on any atom is -0.497 e. The fourth-order valence-corrected chi connectivity index (χ4v) is 4.17. The summed E-state index contributed by atoms with van der Waals surface area (Å²) in [6.45, 7) is 0.911. The summed E-state index contributed by atoms with van der Waals surface area (Å²) in [4.78, 5) is 7.02. The lowest BCUT2D eigenvalue weighted by Gasteiger charge is -2.38. The van der Waals surface area contributed by atoms with Crippen LogP contribution in [-0.2, 0) is 12.0 Å². The molecule has 3 aromatic carbocycles. The molecule has 0 bridgehead atoms. The Balaban J connectivity index is 1.60. The molecule has 1 unspecified atom stereocenters. The minimum absolute atomic E-state index is 0.274. The SMILES string of the molecule is COc1cccc(-c2cccc(CCC3(c4ccccc4)CCN(C)C(N)=N3)c2)c1. The van der Waals surface area contributed by atoms with Crippen LogP contribution >= 0.6 is 0 Å². The monoisotopic (exact) mass is 399 g/mol. The van der Waals surface area contributed by atoms with Gasteiger partial charge in [0.05, 0.1) is 12.6 Å². The van der Waals surface area contributed by atoms with Crippen LogP contribution in [0.5, 0.6) is 5.75 Å². The second-order valence-electron chi connectivity index (χ2n) is 7.97. The van der Waals surface area contributed by atoms with E-state index in [1.54, 1.807) is 7.11 Å². The molecule has 0 aliphatic carbocycles. The molecule has 0 spiro atoms. The van der Waals surface area contributed by atoms with Crippen molar-refractivity contribution in [3.63, 3.8) is 0 Å². The number of benzene rings is 3. The standard InChI is InChI=1S/C26H29N3O/c1-29-17-16-26(28-25(29)27,23-11-4-3-5-12-23)15-14-20-8-6-9-21(18-20)22-10-7-13-24(19-22)30-2/h3-13,18-19H,14-17H2,1-2H3,(H2,27,28). The third kappa shape index (κ3) is 4.18. The number of nitrogens with two attached hydrogens (primary N) is 1. The highest BCUT2D eigenvalue weighted by atomic mass is 16.5. The Hall–Kier alpha value is -3.27. The van der Waals surface area contributed by atoms with Crippen molar-refractivity contribution < 1.29 is 4.74 Å². The zero-order chi connectivity index (χ0) is 21.0. The minimum atomic E-state index is -0.274. The maximum atomic E-state index is 6.25. The molecule has 154 valence electrons. The van der Waals surface area contributed by atoms with Gasteiger partial charge in [-0.05, 0) is 53.6 Å². The van der Waals surface area contributed by atoms with Crippen LogP contribution < -0.4 is 10.5 Å². The molecule has 4 heteroatoms. The zero-order valence-corrected chi connectivity index (χ0v) is 17.7. The Bertz CT molecular complexity index is 1030. The van der Waals surface area contributed by atoms with E-state index >= 15 is 0 Å². The van der Waals surface area contributed by atoms with Crippen molar-refractivity contribution in [2.75, 3.05) is 20.7 Å². The second kappa shape index (κ2) is 8.62. The van der Waals surface area contributed by atoms with E-state index in [9.17, 15) is 0 Å². The van der Waals surface area contributed by atoms with Gasteiger partial charge in [-0.1, -0.05) is 66.7 Å². The fourth-order valence-electron chi connectivity index (χ4n) is 4.17. The lowest BCUT2D eigenvalue weighted by atomic mass is 9.81. The van der Waals surface area contributed by atoms with Crippen molar-refractivity contribution in [1.29, 1.82) is 0 Å². The number of hydrogen-bond acceptors (Lipinski definition) is 4. The molecule has 4 rings (SSSR count). The summed E-state index contributed by atoms with van der Waals surface area (Å²) in [5, 5.41) is 0. The lowest BCUT2D eigenvalue weighted by molar-refractivity contribution is 0.300. The first kappa shape index (κ1) is 20.0. The lowest BCUT2D eigenvalue weighted by Crippen LogP contribution is -2.45. The highest BCUT2D eigenvalue weighted by Gasteiger charge is 2.35. The third-order valence-corrected chi connectivity index (χ3v) is 6.05. The molecule has 30 heavy (non-hydrogen) atoms. The summed E-state index contributed by atoms with van der Waals surface area (Å²) in [6.07, 6.45) is 2.82. The van der Waals surface area contributed by atoms with Crippen LogP contribution in [-0.4, -0.2) is 31.6 Å². The number of methoxy groups -OCH3 is 1. The van der Waals surface area contributed by atoms with Crippen molar-refractivity contribution in [2.45, 2.75) is 24.8 Å². The molecule has 1 atom stereocenters. The molecular weight excluding hydrogens is 370 g/mol. The maximum absolute atomic E-state index is 6.25. The third-order valence-electron chi connectivity index (χ3n) is 6.05. The van der Waals surface area contributed by atoms with Crippen LogP contribution in [0.15, 0.2) is 83.9 Å². The number of aliphatic imine (C=N–C) groups is 1. The number of ether oxygens (including phenoxy) is 1. The van der Waals surface area contributed by atoms with E-state index in [1.807, 2.05) is 24.1 Å². The fraction of sp³-hybridized carbons (Fsp3) is 0.269. The van der Waals surface area contributed by atoms with Crippen LogP contribution in [0.1, 0.15) is 24.0 Å². The molecule has 0 fully saturated rings. The predicted molar refractivity (Wildman–Crippen MR) is 124 cm³/mol. The number of rotatable bonds is 6. The first-order valence-corrected chi connectivity index (χ1v) is 10.4. The quantitative estimate of drug-likeness (QED) is 0.645. The summed E-state index contributed by atoms with van der Waals surface area (Å²) in [6, 6.07) is 27.5. The van der Waals surface area contributed by atoms with Crippen LogP contribution in [0.2, 0.25) is 0 Å². The Kier molecular flexibility index (Phi) is 5.75. The van der Waals surface area contributed by atoms with E-state index < -0.39 is 0 Å². The van der Waals surface area contributed by atoms with Crippen LogP contribution in [0.4, 0.5) is 0 Å².